The summed E-state index contributed by atoms with van der Waals surface area (Å²) in [5.41, 5.74) is -5.74. The number of hydrogen-bond acceptors (Lipinski definition) is 6. The van der Waals surface area contributed by atoms with Gasteiger partial charge in [-0.2, -0.15) is 13.2 Å². The molecule has 0 atom stereocenters. The Morgan fingerprint density at radius 1 is 1.09 bits per heavy atom. The number of methoxy groups -OCH3 is 1. The van der Waals surface area contributed by atoms with E-state index in [0.29, 0.717) is 0 Å². The van der Waals surface area contributed by atoms with E-state index >= 15 is 0 Å². The number of ether oxygens (including phenoxy) is 3. The van der Waals surface area contributed by atoms with Gasteiger partial charge in [0, 0.05) is 18.7 Å². The minimum Gasteiger partial charge on any atom is -0.478 e. The third-order valence-corrected chi connectivity index (χ3v) is 5.14. The van der Waals surface area contributed by atoms with Crippen LogP contribution in [0.25, 0.3) is 5.69 Å². The van der Waals surface area contributed by atoms with Crippen LogP contribution in [0.4, 0.5) is 17.6 Å². The van der Waals surface area contributed by atoms with E-state index in [1.54, 1.807) is 12.1 Å². The second-order valence-corrected chi connectivity index (χ2v) is 7.51. The number of rotatable bonds is 6. The van der Waals surface area contributed by atoms with E-state index in [-0.39, 0.29) is 31.4 Å². The van der Waals surface area contributed by atoms with Crippen LogP contribution in [0.5, 0.6) is 17.2 Å². The standard InChI is InChI=1S/C22H17ClF4N2O6/c1-11-19(22(25,26)27)28(2)21(32)29(20(11)31)14-9-17(12(23)8-13(14)24)35-16-7-5-4-6-15(16)34-10-18(30)33-3/h4-9H,10H2,1-3H3. The van der Waals surface area contributed by atoms with E-state index in [1.165, 1.54) is 19.2 Å². The molecule has 13 heteroatoms. The predicted octanol–water partition coefficient (Wildman–Crippen LogP) is 4.00. The molecule has 0 spiro atoms. The molecule has 3 aromatic rings. The Balaban J connectivity index is 2.13. The smallest absolute Gasteiger partial charge is 0.432 e. The van der Waals surface area contributed by atoms with Crippen molar-refractivity contribution in [2.24, 2.45) is 7.05 Å². The van der Waals surface area contributed by atoms with Crippen molar-refractivity contribution in [1.29, 1.82) is 0 Å². The number of esters is 1. The average molecular weight is 517 g/mol. The molecular formula is C22H17ClF4N2O6. The average Bonchev–Trinajstić information content (AvgIpc) is 2.79. The summed E-state index contributed by atoms with van der Waals surface area (Å²) in [5, 5.41) is -0.275. The third kappa shape index (κ3) is 5.16. The second-order valence-electron chi connectivity index (χ2n) is 7.10. The number of carbonyl (C=O) groups excluding carboxylic acids is 1. The lowest BCUT2D eigenvalue weighted by Gasteiger charge is -2.18. The lowest BCUT2D eigenvalue weighted by molar-refractivity contribution is -0.144. The van der Waals surface area contributed by atoms with Gasteiger partial charge >= 0.3 is 17.8 Å². The predicted molar refractivity (Wildman–Crippen MR) is 116 cm³/mol. The van der Waals surface area contributed by atoms with E-state index < -0.39 is 52.8 Å². The highest BCUT2D eigenvalue weighted by Crippen LogP contribution is 2.37. The summed E-state index contributed by atoms with van der Waals surface area (Å²) in [6.07, 6.45) is -4.99. The Morgan fingerprint density at radius 2 is 1.71 bits per heavy atom. The molecule has 0 saturated carbocycles. The molecule has 0 fully saturated rings. The Morgan fingerprint density at radius 3 is 2.31 bits per heavy atom. The van der Waals surface area contributed by atoms with Gasteiger partial charge in [0.25, 0.3) is 5.56 Å². The van der Waals surface area contributed by atoms with Crippen LogP contribution >= 0.6 is 11.6 Å². The van der Waals surface area contributed by atoms with Crippen molar-refractivity contribution in [3.63, 3.8) is 0 Å². The molecule has 0 saturated heterocycles. The summed E-state index contributed by atoms with van der Waals surface area (Å²) >= 11 is 6.07. The monoisotopic (exact) mass is 516 g/mol. The zero-order valence-electron chi connectivity index (χ0n) is 18.4. The fourth-order valence-corrected chi connectivity index (χ4v) is 3.39. The van der Waals surface area contributed by atoms with Crippen LogP contribution in [0, 0.1) is 12.7 Å². The molecule has 1 aromatic heterocycles. The maximum atomic E-state index is 14.8. The van der Waals surface area contributed by atoms with Crippen LogP contribution in [0.1, 0.15) is 11.3 Å². The number of halogens is 5. The molecule has 0 unspecified atom stereocenters. The van der Waals surface area contributed by atoms with Gasteiger partial charge in [-0.1, -0.05) is 23.7 Å². The Labute approximate surface area is 199 Å². The van der Waals surface area contributed by atoms with Crippen LogP contribution in [0.2, 0.25) is 5.02 Å². The lowest BCUT2D eigenvalue weighted by Crippen LogP contribution is -2.43. The van der Waals surface area contributed by atoms with Crippen molar-refractivity contribution >= 4 is 17.6 Å². The van der Waals surface area contributed by atoms with Gasteiger partial charge < -0.3 is 14.2 Å². The zero-order chi connectivity index (χ0) is 26.1. The molecule has 2 aromatic carbocycles. The number of aromatic nitrogens is 2. The van der Waals surface area contributed by atoms with Crippen LogP contribution in [-0.4, -0.2) is 28.8 Å². The van der Waals surface area contributed by atoms with Crippen molar-refractivity contribution in [3.05, 3.63) is 79.3 Å². The van der Waals surface area contributed by atoms with Crippen molar-refractivity contribution in [3.8, 4) is 22.9 Å². The summed E-state index contributed by atoms with van der Waals surface area (Å²) in [6.45, 7) is 0.427. The van der Waals surface area contributed by atoms with Gasteiger partial charge in [-0.25, -0.2) is 18.5 Å². The summed E-state index contributed by atoms with van der Waals surface area (Å²) in [6, 6.07) is 7.65. The van der Waals surface area contributed by atoms with E-state index in [4.69, 9.17) is 21.1 Å². The summed E-state index contributed by atoms with van der Waals surface area (Å²) in [7, 11) is 1.98. The highest BCUT2D eigenvalue weighted by molar-refractivity contribution is 6.32. The quantitative estimate of drug-likeness (QED) is 0.363. The van der Waals surface area contributed by atoms with Crippen molar-refractivity contribution in [2.75, 3.05) is 13.7 Å². The van der Waals surface area contributed by atoms with Gasteiger partial charge in [0.2, 0.25) is 0 Å². The van der Waals surface area contributed by atoms with E-state index in [0.717, 1.165) is 26.1 Å². The number of para-hydroxylation sites is 2. The number of nitrogens with zero attached hydrogens (tertiary/aromatic N) is 2. The van der Waals surface area contributed by atoms with Crippen LogP contribution < -0.4 is 20.7 Å². The molecule has 0 aliphatic carbocycles. The summed E-state index contributed by atoms with van der Waals surface area (Å²) < 4.78 is 70.8. The Bertz CT molecular complexity index is 1380. The molecule has 1 heterocycles. The van der Waals surface area contributed by atoms with Crippen molar-refractivity contribution < 1.29 is 36.6 Å². The first kappa shape index (κ1) is 25.8. The van der Waals surface area contributed by atoms with Crippen molar-refractivity contribution in [2.45, 2.75) is 13.1 Å². The topological polar surface area (TPSA) is 88.8 Å². The first-order chi connectivity index (χ1) is 16.4. The SMILES string of the molecule is COC(=O)COc1ccccc1Oc1cc(-n2c(=O)c(C)c(C(F)(F)F)n(C)c2=O)c(F)cc1Cl. The van der Waals surface area contributed by atoms with Crippen molar-refractivity contribution in [1.82, 2.24) is 9.13 Å². The van der Waals surface area contributed by atoms with E-state index in [9.17, 15) is 31.9 Å². The molecular weight excluding hydrogens is 500 g/mol. The Hall–Kier alpha value is -3.80. The molecule has 0 radical (unpaired) electrons. The van der Waals surface area contributed by atoms with Crippen LogP contribution in [-0.2, 0) is 22.8 Å². The Kier molecular flexibility index (Phi) is 7.25. The first-order valence-corrected chi connectivity index (χ1v) is 10.1. The molecule has 186 valence electrons. The van der Waals surface area contributed by atoms with E-state index in [2.05, 4.69) is 4.74 Å². The lowest BCUT2D eigenvalue weighted by atomic mass is 10.2. The number of carbonyl (C=O) groups is 1. The second kappa shape index (κ2) is 9.82. The molecule has 0 amide bonds. The molecule has 0 N–H and O–H groups in total. The fourth-order valence-electron chi connectivity index (χ4n) is 3.20. The molecule has 3 rings (SSSR count). The third-order valence-electron chi connectivity index (χ3n) is 4.85. The zero-order valence-corrected chi connectivity index (χ0v) is 19.2. The fraction of sp³-hybridized carbons (Fsp3) is 0.227. The highest BCUT2D eigenvalue weighted by Gasteiger charge is 2.38. The molecule has 0 bridgehead atoms. The molecule has 35 heavy (non-hydrogen) atoms. The number of alkyl halides is 3. The number of hydrogen-bond donors (Lipinski definition) is 0. The molecule has 8 nitrogen and oxygen atoms in total. The van der Waals surface area contributed by atoms with E-state index in [1.807, 2.05) is 0 Å². The normalized spacial score (nSPS) is 11.3. The number of benzene rings is 2. The minimum absolute atomic E-state index is 0.0275. The summed E-state index contributed by atoms with van der Waals surface area (Å²) in [5.74, 6) is -1.97. The van der Waals surface area contributed by atoms with Gasteiger partial charge in [0.1, 0.15) is 17.3 Å². The largest absolute Gasteiger partial charge is 0.478 e. The van der Waals surface area contributed by atoms with Gasteiger partial charge in [0.05, 0.1) is 17.8 Å². The molecule has 0 aliphatic heterocycles. The maximum absolute atomic E-state index is 14.8. The minimum atomic E-state index is -4.99. The summed E-state index contributed by atoms with van der Waals surface area (Å²) in [4.78, 5) is 36.7. The van der Waals surface area contributed by atoms with Crippen LogP contribution in [0.15, 0.2) is 46.0 Å². The maximum Gasteiger partial charge on any atom is 0.432 e. The van der Waals surface area contributed by atoms with Gasteiger partial charge in [-0.05, 0) is 25.1 Å². The molecule has 0 aliphatic rings. The van der Waals surface area contributed by atoms with Gasteiger partial charge in [-0.15, -0.1) is 0 Å². The van der Waals surface area contributed by atoms with Crippen LogP contribution in [0.3, 0.4) is 0 Å². The first-order valence-electron chi connectivity index (χ1n) is 9.72. The highest BCUT2D eigenvalue weighted by atomic mass is 35.5. The van der Waals surface area contributed by atoms with Gasteiger partial charge in [-0.3, -0.25) is 9.36 Å². The van der Waals surface area contributed by atoms with Gasteiger partial charge in [0.15, 0.2) is 18.1 Å².